The second-order valence-corrected chi connectivity index (χ2v) is 8.55. The number of nitrogens with zero attached hydrogens (tertiary/aromatic N) is 1. The van der Waals surface area contributed by atoms with E-state index in [1.54, 1.807) is 11.8 Å². The van der Waals surface area contributed by atoms with Gasteiger partial charge in [0.1, 0.15) is 11.3 Å². The second-order valence-electron chi connectivity index (χ2n) is 8.55. The van der Waals surface area contributed by atoms with Crippen molar-refractivity contribution in [1.29, 1.82) is 0 Å². The largest absolute Gasteiger partial charge is 0.466 e. The Morgan fingerprint density at radius 2 is 1.82 bits per heavy atom. The van der Waals surface area contributed by atoms with Gasteiger partial charge in [0, 0.05) is 6.42 Å². The molecule has 0 saturated carbocycles. The van der Waals surface area contributed by atoms with Crippen LogP contribution in [0.1, 0.15) is 59.9 Å². The lowest BCUT2D eigenvalue weighted by molar-refractivity contribution is -0.144. The number of ether oxygens (including phenoxy) is 3. The van der Waals surface area contributed by atoms with Crippen LogP contribution in [0.25, 0.3) is 0 Å². The fourth-order valence-corrected chi connectivity index (χ4v) is 3.56. The molecule has 2 rings (SSSR count). The van der Waals surface area contributed by atoms with E-state index in [0.717, 1.165) is 5.56 Å². The topological polar surface area (TPSA) is 65.1 Å². The zero-order valence-electron chi connectivity index (χ0n) is 17.9. The molecule has 0 radical (unpaired) electrons. The molecule has 0 unspecified atom stereocenters. The third-order valence-electron chi connectivity index (χ3n) is 4.60. The highest BCUT2D eigenvalue weighted by atomic mass is 16.6. The van der Waals surface area contributed by atoms with E-state index in [1.807, 2.05) is 65.0 Å². The number of hydrogen-bond donors (Lipinski definition) is 0. The van der Waals surface area contributed by atoms with E-state index in [4.69, 9.17) is 14.2 Å². The van der Waals surface area contributed by atoms with Gasteiger partial charge in [0.25, 0.3) is 0 Å². The number of hydrogen-bond acceptors (Lipinski definition) is 5. The Kier molecular flexibility index (Phi) is 7.10. The standard InChI is InChI=1S/C22H33NO5/c1-7-26-19(24)14-13-18-17(15-16-11-9-8-10-12-16)23(22(5,6)27-18)20(25)28-21(2,3)4/h8-12,17-18H,7,13-15H2,1-6H3/t17-,18-/m0/s1. The molecule has 0 aromatic heterocycles. The van der Waals surface area contributed by atoms with Gasteiger partial charge in [-0.15, -0.1) is 0 Å². The number of esters is 1. The average molecular weight is 392 g/mol. The quantitative estimate of drug-likeness (QED) is 0.676. The third kappa shape index (κ3) is 5.96. The Morgan fingerprint density at radius 1 is 1.18 bits per heavy atom. The lowest BCUT2D eigenvalue weighted by Gasteiger charge is -2.35. The van der Waals surface area contributed by atoms with Crippen LogP contribution in [-0.4, -0.2) is 47.0 Å². The molecule has 1 heterocycles. The maximum atomic E-state index is 13.0. The third-order valence-corrected chi connectivity index (χ3v) is 4.60. The molecule has 0 N–H and O–H groups in total. The number of carbonyl (C=O) groups excluding carboxylic acids is 2. The molecular formula is C22H33NO5. The molecule has 28 heavy (non-hydrogen) atoms. The van der Waals surface area contributed by atoms with Crippen molar-refractivity contribution in [2.45, 2.75) is 84.3 Å². The summed E-state index contributed by atoms with van der Waals surface area (Å²) in [5, 5.41) is 0. The summed E-state index contributed by atoms with van der Waals surface area (Å²) in [5.41, 5.74) is -0.335. The van der Waals surface area contributed by atoms with Gasteiger partial charge in [0.2, 0.25) is 0 Å². The first-order chi connectivity index (χ1) is 13.0. The van der Waals surface area contributed by atoms with E-state index >= 15 is 0 Å². The van der Waals surface area contributed by atoms with Crippen molar-refractivity contribution in [2.24, 2.45) is 0 Å². The molecule has 1 amide bonds. The molecule has 1 aliphatic heterocycles. The Bertz CT molecular complexity index is 665. The monoisotopic (exact) mass is 391 g/mol. The highest BCUT2D eigenvalue weighted by molar-refractivity contribution is 5.70. The van der Waals surface area contributed by atoms with Crippen LogP contribution in [0.4, 0.5) is 4.79 Å². The van der Waals surface area contributed by atoms with Crippen LogP contribution in [0.3, 0.4) is 0 Å². The Morgan fingerprint density at radius 3 is 2.39 bits per heavy atom. The first kappa shape index (κ1) is 22.2. The predicted octanol–water partition coefficient (Wildman–Crippen LogP) is 4.31. The Balaban J connectivity index is 2.25. The minimum absolute atomic E-state index is 0.235. The first-order valence-electron chi connectivity index (χ1n) is 9.93. The zero-order chi connectivity index (χ0) is 20.9. The minimum atomic E-state index is -0.832. The summed E-state index contributed by atoms with van der Waals surface area (Å²) in [6.07, 6.45) is 0.669. The predicted molar refractivity (Wildman–Crippen MR) is 107 cm³/mol. The van der Waals surface area contributed by atoms with E-state index in [1.165, 1.54) is 0 Å². The normalized spacial score (nSPS) is 21.4. The van der Waals surface area contributed by atoms with E-state index in [0.29, 0.717) is 19.4 Å². The molecule has 1 aliphatic rings. The number of benzene rings is 1. The van der Waals surface area contributed by atoms with Gasteiger partial charge >= 0.3 is 12.1 Å². The molecule has 1 aromatic rings. The Labute approximate surface area is 168 Å². The summed E-state index contributed by atoms with van der Waals surface area (Å²) in [6.45, 7) is 11.4. The summed E-state index contributed by atoms with van der Waals surface area (Å²) >= 11 is 0. The summed E-state index contributed by atoms with van der Waals surface area (Å²) in [6, 6.07) is 9.73. The van der Waals surface area contributed by atoms with Gasteiger partial charge in [0.15, 0.2) is 0 Å². The molecule has 6 heteroatoms. The maximum absolute atomic E-state index is 13.0. The molecule has 0 spiro atoms. The number of amides is 1. The number of rotatable bonds is 6. The summed E-state index contributed by atoms with van der Waals surface area (Å²) in [4.78, 5) is 26.5. The van der Waals surface area contributed by atoms with Gasteiger partial charge < -0.3 is 14.2 Å². The van der Waals surface area contributed by atoms with Crippen LogP contribution in [0.5, 0.6) is 0 Å². The van der Waals surface area contributed by atoms with Crippen LogP contribution < -0.4 is 0 Å². The van der Waals surface area contributed by atoms with Crippen LogP contribution in [0.2, 0.25) is 0 Å². The summed E-state index contributed by atoms with van der Waals surface area (Å²) in [5.74, 6) is -0.252. The second kappa shape index (κ2) is 8.95. The molecule has 1 saturated heterocycles. The van der Waals surface area contributed by atoms with E-state index in [9.17, 15) is 9.59 Å². The SMILES string of the molecule is CCOC(=O)CC[C@@H]1OC(C)(C)N(C(=O)OC(C)(C)C)[C@H]1Cc1ccccc1. The van der Waals surface area contributed by atoms with Crippen molar-refractivity contribution in [2.75, 3.05) is 6.61 Å². The van der Waals surface area contributed by atoms with Crippen LogP contribution in [0.15, 0.2) is 30.3 Å². The van der Waals surface area contributed by atoms with Crippen molar-refractivity contribution in [1.82, 2.24) is 4.90 Å². The summed E-state index contributed by atoms with van der Waals surface area (Å²) < 4.78 is 16.9. The lowest BCUT2D eigenvalue weighted by Crippen LogP contribution is -2.51. The highest BCUT2D eigenvalue weighted by Crippen LogP contribution is 2.37. The van der Waals surface area contributed by atoms with E-state index in [-0.39, 0.29) is 24.5 Å². The first-order valence-corrected chi connectivity index (χ1v) is 9.93. The smallest absolute Gasteiger partial charge is 0.412 e. The fraction of sp³-hybridized carbons (Fsp3) is 0.636. The average Bonchev–Trinajstić information content (AvgIpc) is 2.82. The fourth-order valence-electron chi connectivity index (χ4n) is 3.56. The molecular weight excluding hydrogens is 358 g/mol. The van der Waals surface area contributed by atoms with Crippen LogP contribution in [0, 0.1) is 0 Å². The van der Waals surface area contributed by atoms with E-state index < -0.39 is 17.4 Å². The van der Waals surface area contributed by atoms with Crippen molar-refractivity contribution in [3.63, 3.8) is 0 Å². The molecule has 156 valence electrons. The van der Waals surface area contributed by atoms with Crippen molar-refractivity contribution >= 4 is 12.1 Å². The van der Waals surface area contributed by atoms with Gasteiger partial charge in [-0.1, -0.05) is 30.3 Å². The Hall–Kier alpha value is -2.08. The van der Waals surface area contributed by atoms with Crippen molar-refractivity contribution in [3.8, 4) is 0 Å². The zero-order valence-corrected chi connectivity index (χ0v) is 17.9. The lowest BCUT2D eigenvalue weighted by atomic mass is 9.97. The molecule has 0 bridgehead atoms. The van der Waals surface area contributed by atoms with Gasteiger partial charge in [-0.25, -0.2) is 4.79 Å². The van der Waals surface area contributed by atoms with Gasteiger partial charge in [-0.05, 0) is 59.9 Å². The number of carbonyl (C=O) groups is 2. The van der Waals surface area contributed by atoms with Gasteiger partial charge in [-0.3, -0.25) is 9.69 Å². The van der Waals surface area contributed by atoms with Crippen molar-refractivity contribution in [3.05, 3.63) is 35.9 Å². The maximum Gasteiger partial charge on any atom is 0.412 e. The minimum Gasteiger partial charge on any atom is -0.466 e. The van der Waals surface area contributed by atoms with E-state index in [2.05, 4.69) is 0 Å². The van der Waals surface area contributed by atoms with Gasteiger partial charge in [0.05, 0.1) is 18.8 Å². The van der Waals surface area contributed by atoms with Crippen LogP contribution >= 0.6 is 0 Å². The van der Waals surface area contributed by atoms with Gasteiger partial charge in [-0.2, -0.15) is 0 Å². The van der Waals surface area contributed by atoms with Crippen molar-refractivity contribution < 1.29 is 23.8 Å². The molecule has 1 fully saturated rings. The molecule has 2 atom stereocenters. The van der Waals surface area contributed by atoms with Crippen LogP contribution in [-0.2, 0) is 25.4 Å². The molecule has 6 nitrogen and oxygen atoms in total. The summed E-state index contributed by atoms with van der Waals surface area (Å²) in [7, 11) is 0. The molecule has 1 aromatic carbocycles. The highest BCUT2D eigenvalue weighted by Gasteiger charge is 2.50. The molecule has 0 aliphatic carbocycles.